The van der Waals surface area contributed by atoms with Crippen LogP contribution >= 0.6 is 0 Å². The zero-order chi connectivity index (χ0) is 16.0. The first kappa shape index (κ1) is 16.6. The summed E-state index contributed by atoms with van der Waals surface area (Å²) >= 11 is 0. The standard InChI is InChI=1S/C15H26N4O3/c1-3-16-14(17-7-5-13(21)22-2)19-8-4-6-15(11-19)9-12(20)18-10-15/h3-11H2,1-2H3,(H,16,17)(H,18,20). The highest BCUT2D eigenvalue weighted by Gasteiger charge is 2.42. The number of carbonyl (C=O) groups excluding carboxylic acids is 2. The fourth-order valence-electron chi connectivity index (χ4n) is 3.21. The highest BCUT2D eigenvalue weighted by atomic mass is 16.5. The average Bonchev–Trinajstić information content (AvgIpc) is 2.86. The number of esters is 1. The molecule has 7 heteroatoms. The molecule has 0 aromatic heterocycles. The van der Waals surface area contributed by atoms with Crippen LogP contribution in [-0.4, -0.2) is 62.6 Å². The molecule has 1 atom stereocenters. The van der Waals surface area contributed by atoms with Crippen LogP contribution in [0, 0.1) is 5.41 Å². The van der Waals surface area contributed by atoms with Crippen molar-refractivity contribution in [2.24, 2.45) is 10.4 Å². The number of aliphatic imine (C=N–C) groups is 1. The third kappa shape index (κ3) is 4.11. The first-order valence-corrected chi connectivity index (χ1v) is 7.95. The summed E-state index contributed by atoms with van der Waals surface area (Å²) in [7, 11) is 1.38. The number of piperidine rings is 1. The summed E-state index contributed by atoms with van der Waals surface area (Å²) in [6.07, 6.45) is 3.01. The SMILES string of the molecule is CCNC(=NCCC(=O)OC)N1CCCC2(CNC(=O)C2)C1. The minimum absolute atomic E-state index is 0.0356. The van der Waals surface area contributed by atoms with Crippen LogP contribution < -0.4 is 10.6 Å². The molecule has 124 valence electrons. The van der Waals surface area contributed by atoms with Crippen molar-refractivity contribution in [2.75, 3.05) is 39.8 Å². The molecule has 2 rings (SSSR count). The molecule has 1 unspecified atom stereocenters. The molecule has 0 saturated carbocycles. The fraction of sp³-hybridized carbons (Fsp3) is 0.800. The maximum absolute atomic E-state index is 11.6. The smallest absolute Gasteiger partial charge is 0.307 e. The van der Waals surface area contributed by atoms with Crippen molar-refractivity contribution in [3.8, 4) is 0 Å². The number of hydrogen-bond acceptors (Lipinski definition) is 4. The van der Waals surface area contributed by atoms with Gasteiger partial charge in [-0.25, -0.2) is 0 Å². The molecule has 1 amide bonds. The minimum Gasteiger partial charge on any atom is -0.469 e. The van der Waals surface area contributed by atoms with Crippen molar-refractivity contribution < 1.29 is 14.3 Å². The number of nitrogens with zero attached hydrogens (tertiary/aromatic N) is 2. The van der Waals surface area contributed by atoms with Gasteiger partial charge < -0.3 is 20.3 Å². The van der Waals surface area contributed by atoms with E-state index < -0.39 is 0 Å². The van der Waals surface area contributed by atoms with E-state index in [4.69, 9.17) is 0 Å². The Bertz CT molecular complexity index is 452. The highest BCUT2D eigenvalue weighted by Crippen LogP contribution is 2.35. The maximum Gasteiger partial charge on any atom is 0.307 e. The third-order valence-electron chi connectivity index (χ3n) is 4.30. The number of nitrogens with one attached hydrogen (secondary N) is 2. The summed E-state index contributed by atoms with van der Waals surface area (Å²) in [5.74, 6) is 0.722. The van der Waals surface area contributed by atoms with E-state index in [1.807, 2.05) is 6.92 Å². The Hall–Kier alpha value is -1.79. The molecule has 2 heterocycles. The lowest BCUT2D eigenvalue weighted by Gasteiger charge is -2.40. The van der Waals surface area contributed by atoms with Gasteiger partial charge in [-0.15, -0.1) is 0 Å². The van der Waals surface area contributed by atoms with E-state index >= 15 is 0 Å². The molecule has 1 spiro atoms. The molecular weight excluding hydrogens is 284 g/mol. The largest absolute Gasteiger partial charge is 0.469 e. The van der Waals surface area contributed by atoms with Gasteiger partial charge in [0.2, 0.25) is 5.91 Å². The predicted octanol–water partition coefficient (Wildman–Crippen LogP) is 0.117. The summed E-state index contributed by atoms with van der Waals surface area (Å²) in [6.45, 7) is 5.73. The molecule has 0 aromatic carbocycles. The lowest BCUT2D eigenvalue weighted by atomic mass is 9.79. The van der Waals surface area contributed by atoms with Crippen molar-refractivity contribution in [1.29, 1.82) is 0 Å². The van der Waals surface area contributed by atoms with Gasteiger partial charge in [-0.1, -0.05) is 0 Å². The minimum atomic E-state index is -0.250. The van der Waals surface area contributed by atoms with Gasteiger partial charge in [0, 0.05) is 38.0 Å². The zero-order valence-corrected chi connectivity index (χ0v) is 13.5. The van der Waals surface area contributed by atoms with Crippen molar-refractivity contribution >= 4 is 17.8 Å². The average molecular weight is 310 g/mol. The first-order chi connectivity index (χ1) is 10.6. The van der Waals surface area contributed by atoms with Crippen LogP contribution in [0.25, 0.3) is 0 Å². The molecule has 2 aliphatic heterocycles. The van der Waals surface area contributed by atoms with E-state index in [1.54, 1.807) is 0 Å². The summed E-state index contributed by atoms with van der Waals surface area (Å²) in [5, 5.41) is 6.23. The lowest BCUT2D eigenvalue weighted by Crippen LogP contribution is -2.51. The number of hydrogen-bond donors (Lipinski definition) is 2. The van der Waals surface area contributed by atoms with Gasteiger partial charge in [0.15, 0.2) is 5.96 Å². The molecule has 0 radical (unpaired) electrons. The van der Waals surface area contributed by atoms with E-state index in [2.05, 4.69) is 25.3 Å². The molecule has 7 nitrogen and oxygen atoms in total. The Morgan fingerprint density at radius 3 is 3.00 bits per heavy atom. The van der Waals surface area contributed by atoms with Gasteiger partial charge in [0.1, 0.15) is 0 Å². The van der Waals surface area contributed by atoms with Crippen LogP contribution in [0.3, 0.4) is 0 Å². The second-order valence-corrected chi connectivity index (χ2v) is 6.04. The Labute approximate surface area is 131 Å². The van der Waals surface area contributed by atoms with E-state index in [0.29, 0.717) is 13.0 Å². The molecule has 0 bridgehead atoms. The van der Waals surface area contributed by atoms with Gasteiger partial charge in [-0.3, -0.25) is 14.6 Å². The molecule has 22 heavy (non-hydrogen) atoms. The molecule has 2 saturated heterocycles. The van der Waals surface area contributed by atoms with Gasteiger partial charge in [0.05, 0.1) is 20.1 Å². The van der Waals surface area contributed by atoms with Crippen molar-refractivity contribution in [3.63, 3.8) is 0 Å². The van der Waals surface area contributed by atoms with Crippen LogP contribution in [-0.2, 0) is 14.3 Å². The van der Waals surface area contributed by atoms with Crippen LogP contribution in [0.5, 0.6) is 0 Å². The third-order valence-corrected chi connectivity index (χ3v) is 4.30. The zero-order valence-electron chi connectivity index (χ0n) is 13.5. The number of rotatable bonds is 4. The summed E-state index contributed by atoms with van der Waals surface area (Å²) in [5.41, 5.74) is 0.0356. The number of likely N-dealkylation sites (tertiary alicyclic amines) is 1. The van der Waals surface area contributed by atoms with Gasteiger partial charge in [-0.05, 0) is 19.8 Å². The molecule has 0 aliphatic carbocycles. The number of ether oxygens (including phenoxy) is 1. The van der Waals surface area contributed by atoms with Gasteiger partial charge >= 0.3 is 5.97 Å². The summed E-state index contributed by atoms with van der Waals surface area (Å²) in [4.78, 5) is 29.5. The summed E-state index contributed by atoms with van der Waals surface area (Å²) in [6, 6.07) is 0. The Morgan fingerprint density at radius 2 is 2.36 bits per heavy atom. The predicted molar refractivity (Wildman–Crippen MR) is 83.5 cm³/mol. The van der Waals surface area contributed by atoms with Gasteiger partial charge in [-0.2, -0.15) is 0 Å². The quantitative estimate of drug-likeness (QED) is 0.438. The number of amides is 1. The summed E-state index contributed by atoms with van der Waals surface area (Å²) < 4.78 is 4.64. The Kier molecular flexibility index (Phi) is 5.63. The van der Waals surface area contributed by atoms with Crippen LogP contribution in [0.4, 0.5) is 0 Å². The Balaban J connectivity index is 1.99. The first-order valence-electron chi connectivity index (χ1n) is 7.95. The van der Waals surface area contributed by atoms with E-state index in [0.717, 1.165) is 45.0 Å². The van der Waals surface area contributed by atoms with E-state index in [-0.39, 0.29) is 23.7 Å². The maximum atomic E-state index is 11.6. The van der Waals surface area contributed by atoms with Crippen LogP contribution in [0.15, 0.2) is 4.99 Å². The monoisotopic (exact) mass is 310 g/mol. The second-order valence-electron chi connectivity index (χ2n) is 6.04. The lowest BCUT2D eigenvalue weighted by molar-refractivity contribution is -0.140. The van der Waals surface area contributed by atoms with Crippen molar-refractivity contribution in [2.45, 2.75) is 32.6 Å². The van der Waals surface area contributed by atoms with Gasteiger partial charge in [0.25, 0.3) is 0 Å². The fourth-order valence-corrected chi connectivity index (χ4v) is 3.21. The van der Waals surface area contributed by atoms with E-state index in [1.165, 1.54) is 7.11 Å². The topological polar surface area (TPSA) is 83.0 Å². The normalized spacial score (nSPS) is 25.3. The Morgan fingerprint density at radius 1 is 1.55 bits per heavy atom. The molecule has 0 aromatic rings. The van der Waals surface area contributed by atoms with Crippen LogP contribution in [0.2, 0.25) is 0 Å². The molecule has 2 aliphatic rings. The van der Waals surface area contributed by atoms with Crippen molar-refractivity contribution in [1.82, 2.24) is 15.5 Å². The number of carbonyl (C=O) groups is 2. The highest BCUT2D eigenvalue weighted by molar-refractivity contribution is 5.82. The molecule has 2 N–H and O–H groups in total. The number of guanidine groups is 1. The van der Waals surface area contributed by atoms with E-state index in [9.17, 15) is 9.59 Å². The number of methoxy groups -OCH3 is 1. The van der Waals surface area contributed by atoms with Crippen LogP contribution in [0.1, 0.15) is 32.6 Å². The van der Waals surface area contributed by atoms with Crippen molar-refractivity contribution in [3.05, 3.63) is 0 Å². The molecular formula is C15H26N4O3. The second kappa shape index (κ2) is 7.47. The molecule has 2 fully saturated rings.